The molecule has 1 nitrogen and oxygen atoms in total. The highest BCUT2D eigenvalue weighted by Crippen LogP contribution is 2.17. The van der Waals surface area contributed by atoms with Crippen molar-refractivity contribution in [2.45, 2.75) is 0 Å². The number of hydrogen-bond acceptors (Lipinski definition) is 1. The van der Waals surface area contributed by atoms with E-state index in [0.29, 0.717) is 0 Å². The quantitative estimate of drug-likeness (QED) is 0.518. The van der Waals surface area contributed by atoms with Gasteiger partial charge in [-0.2, -0.15) is 0 Å². The largest absolute Gasteiger partial charge is 0.279 e. The molecule has 0 N–H and O–H groups in total. The molecule has 22 heavy (non-hydrogen) atoms. The van der Waals surface area contributed by atoms with Crippen LogP contribution >= 0.6 is 9.12 Å². The third-order valence-corrected chi connectivity index (χ3v) is 2.92. The van der Waals surface area contributed by atoms with Crippen LogP contribution in [-0.4, -0.2) is 0 Å². The minimum absolute atomic E-state index is 1.17. The average molecular weight is 306 g/mol. The molecule has 0 aliphatic carbocycles. The zero-order valence-electron chi connectivity index (χ0n) is 12.4. The molecule has 0 atom stereocenters. The Morgan fingerprint density at radius 2 is 0.909 bits per heavy atom. The summed E-state index contributed by atoms with van der Waals surface area (Å²) in [4.78, 5) is 0. The van der Waals surface area contributed by atoms with Gasteiger partial charge in [0.1, 0.15) is 9.12 Å². The molecular weight excluding hydrogens is 287 g/mol. The first kappa shape index (κ1) is 17.6. The fourth-order valence-corrected chi connectivity index (χ4v) is 1.85. The van der Waals surface area contributed by atoms with Gasteiger partial charge in [0.25, 0.3) is 0 Å². The molecule has 3 rings (SSSR count). The van der Waals surface area contributed by atoms with Crippen molar-refractivity contribution in [2.75, 3.05) is 0 Å². The van der Waals surface area contributed by atoms with Gasteiger partial charge in [0.15, 0.2) is 0 Å². The van der Waals surface area contributed by atoms with E-state index in [9.17, 15) is 0 Å². The Morgan fingerprint density at radius 3 is 1.18 bits per heavy atom. The molecular formula is C20H19OP. The lowest BCUT2D eigenvalue weighted by Crippen LogP contribution is -1.73. The summed E-state index contributed by atoms with van der Waals surface area (Å²) >= 11 is 0. The summed E-state index contributed by atoms with van der Waals surface area (Å²) in [6.45, 7) is 3.63. The zero-order chi connectivity index (χ0) is 16.0. The first-order valence-corrected chi connectivity index (χ1v) is 7.29. The third-order valence-electron chi connectivity index (χ3n) is 2.92. The van der Waals surface area contributed by atoms with Crippen molar-refractivity contribution in [1.82, 2.24) is 0 Å². The summed E-state index contributed by atoms with van der Waals surface area (Å²) in [7, 11) is 1.72. The van der Waals surface area contributed by atoms with Crippen molar-refractivity contribution in [3.8, 4) is 11.1 Å². The molecule has 0 aliphatic heterocycles. The summed E-state index contributed by atoms with van der Waals surface area (Å²) in [6, 6.07) is 30.8. The monoisotopic (exact) mass is 306 g/mol. The topological polar surface area (TPSA) is 17.1 Å². The molecule has 2 heteroatoms. The molecule has 0 saturated heterocycles. The van der Waals surface area contributed by atoms with E-state index in [4.69, 9.17) is 4.57 Å². The highest BCUT2D eigenvalue weighted by atomic mass is 31.0. The molecule has 3 aromatic carbocycles. The molecule has 0 amide bonds. The second-order valence-electron chi connectivity index (χ2n) is 4.35. The Labute approximate surface area is 134 Å². The molecule has 0 radical (unpaired) electrons. The van der Waals surface area contributed by atoms with Gasteiger partial charge in [-0.05, 0) is 16.7 Å². The predicted octanol–water partition coefficient (Wildman–Crippen LogP) is 6.16. The second kappa shape index (κ2) is 11.2. The highest BCUT2D eigenvalue weighted by molar-refractivity contribution is 7.00. The summed E-state index contributed by atoms with van der Waals surface area (Å²) in [5.74, 6) is 0. The van der Waals surface area contributed by atoms with E-state index in [1.54, 1.807) is 9.12 Å². The molecule has 110 valence electrons. The minimum Gasteiger partial charge on any atom is -0.279 e. The first-order valence-electron chi connectivity index (χ1n) is 6.88. The maximum Gasteiger partial charge on any atom is 0.138 e. The number of rotatable bonds is 2. The Kier molecular flexibility index (Phi) is 8.93. The van der Waals surface area contributed by atoms with Gasteiger partial charge in [-0.25, -0.2) is 0 Å². The van der Waals surface area contributed by atoms with Gasteiger partial charge in [0.2, 0.25) is 0 Å². The van der Waals surface area contributed by atoms with Crippen molar-refractivity contribution in [3.63, 3.8) is 0 Å². The van der Waals surface area contributed by atoms with Crippen molar-refractivity contribution in [3.05, 3.63) is 103 Å². The standard InChI is InChI=1S/C12H10.C8H8.HOP/c1-3-7-11(8-4-1)12-9-5-2-6-10-12;1-2-8-6-4-3-5-7-8;1-2/h1-10H;2-7H,1H2;2H. The van der Waals surface area contributed by atoms with E-state index in [0.717, 1.165) is 0 Å². The van der Waals surface area contributed by atoms with Crippen LogP contribution in [0.4, 0.5) is 0 Å². The van der Waals surface area contributed by atoms with Gasteiger partial charge in [0.05, 0.1) is 0 Å². The molecule has 0 saturated carbocycles. The predicted molar refractivity (Wildman–Crippen MR) is 97.4 cm³/mol. The smallest absolute Gasteiger partial charge is 0.138 e. The second-order valence-corrected chi connectivity index (χ2v) is 4.35. The van der Waals surface area contributed by atoms with Crippen molar-refractivity contribution in [2.24, 2.45) is 0 Å². The molecule has 0 heterocycles. The molecule has 0 bridgehead atoms. The zero-order valence-corrected chi connectivity index (χ0v) is 13.4. The fourth-order valence-electron chi connectivity index (χ4n) is 1.85. The number of benzene rings is 3. The van der Waals surface area contributed by atoms with Gasteiger partial charge >= 0.3 is 0 Å². The van der Waals surface area contributed by atoms with Crippen LogP contribution in [0.15, 0.2) is 97.6 Å². The van der Waals surface area contributed by atoms with Gasteiger partial charge in [-0.15, -0.1) is 0 Å². The summed E-state index contributed by atoms with van der Waals surface area (Å²) in [6.07, 6.45) is 1.83. The van der Waals surface area contributed by atoms with Gasteiger partial charge in [-0.1, -0.05) is 104 Å². The van der Waals surface area contributed by atoms with E-state index < -0.39 is 0 Å². The Hall–Kier alpha value is -2.50. The Morgan fingerprint density at radius 1 is 0.591 bits per heavy atom. The van der Waals surface area contributed by atoms with Crippen LogP contribution in [0.5, 0.6) is 0 Å². The maximum atomic E-state index is 8.06. The Balaban J connectivity index is 0.000000211. The van der Waals surface area contributed by atoms with E-state index >= 15 is 0 Å². The Bertz CT molecular complexity index is 599. The van der Waals surface area contributed by atoms with Gasteiger partial charge < -0.3 is 0 Å². The first-order chi connectivity index (χ1) is 10.9. The molecule has 0 unspecified atom stereocenters. The van der Waals surface area contributed by atoms with Crippen molar-refractivity contribution in [1.29, 1.82) is 0 Å². The van der Waals surface area contributed by atoms with Gasteiger partial charge in [-0.3, -0.25) is 4.57 Å². The normalized spacial score (nSPS) is 8.55. The summed E-state index contributed by atoms with van der Waals surface area (Å²) in [5, 5.41) is 0. The van der Waals surface area contributed by atoms with Gasteiger partial charge in [0, 0.05) is 0 Å². The lowest BCUT2D eigenvalue weighted by Gasteiger charge is -1.98. The molecule has 3 aromatic rings. The van der Waals surface area contributed by atoms with E-state index in [1.165, 1.54) is 16.7 Å². The van der Waals surface area contributed by atoms with Crippen LogP contribution in [0, 0.1) is 0 Å². The lowest BCUT2D eigenvalue weighted by molar-refractivity contribution is 0.607. The van der Waals surface area contributed by atoms with E-state index in [-0.39, 0.29) is 0 Å². The van der Waals surface area contributed by atoms with Crippen LogP contribution in [0.1, 0.15) is 5.56 Å². The molecule has 0 fully saturated rings. The fraction of sp³-hybridized carbons (Fsp3) is 0. The third kappa shape index (κ3) is 6.30. The maximum absolute atomic E-state index is 8.06. The van der Waals surface area contributed by atoms with Crippen molar-refractivity contribution >= 4 is 15.2 Å². The summed E-state index contributed by atoms with van der Waals surface area (Å²) in [5.41, 5.74) is 3.73. The van der Waals surface area contributed by atoms with Crippen molar-refractivity contribution < 1.29 is 4.57 Å². The SMILES string of the molecule is C=Cc1ccccc1.O=P.c1ccc(-c2ccccc2)cc1. The highest BCUT2D eigenvalue weighted by Gasteiger charge is 1.91. The molecule has 0 spiro atoms. The van der Waals surface area contributed by atoms with Crippen LogP contribution in [0.2, 0.25) is 0 Å². The van der Waals surface area contributed by atoms with Crippen LogP contribution in [0.25, 0.3) is 17.2 Å². The minimum atomic E-state index is 1.17. The molecule has 0 aromatic heterocycles. The summed E-state index contributed by atoms with van der Waals surface area (Å²) < 4.78 is 8.06. The lowest BCUT2D eigenvalue weighted by atomic mass is 10.1. The van der Waals surface area contributed by atoms with Crippen LogP contribution in [0.3, 0.4) is 0 Å². The van der Waals surface area contributed by atoms with Crippen LogP contribution < -0.4 is 0 Å². The average Bonchev–Trinajstić information content (AvgIpc) is 2.66. The molecule has 0 aliphatic rings. The van der Waals surface area contributed by atoms with E-state index in [1.807, 2.05) is 48.5 Å². The number of hydrogen-bond donors (Lipinski definition) is 0. The van der Waals surface area contributed by atoms with Crippen LogP contribution in [-0.2, 0) is 4.57 Å². The van der Waals surface area contributed by atoms with E-state index in [2.05, 4.69) is 55.1 Å².